The van der Waals surface area contributed by atoms with Crippen molar-refractivity contribution in [1.29, 1.82) is 0 Å². The van der Waals surface area contributed by atoms with E-state index in [1.807, 2.05) is 13.8 Å². The molecule has 68 valence electrons. The Kier molecular flexibility index (Phi) is 3.32. The van der Waals surface area contributed by atoms with Gasteiger partial charge < -0.3 is 4.74 Å². The molecule has 0 saturated carbocycles. The van der Waals surface area contributed by atoms with Crippen LogP contribution in [0.5, 0.6) is 0 Å². The van der Waals surface area contributed by atoms with Crippen LogP contribution in [0.1, 0.15) is 33.1 Å². The van der Waals surface area contributed by atoms with E-state index >= 15 is 0 Å². The molecule has 1 rings (SSSR count). The summed E-state index contributed by atoms with van der Waals surface area (Å²) in [4.78, 5) is 11.3. The second-order valence-corrected chi connectivity index (χ2v) is 3.24. The van der Waals surface area contributed by atoms with Gasteiger partial charge >= 0.3 is 0 Å². The van der Waals surface area contributed by atoms with Gasteiger partial charge in [0.2, 0.25) is 0 Å². The van der Waals surface area contributed by atoms with Gasteiger partial charge in [0.1, 0.15) is 0 Å². The molecule has 0 bridgehead atoms. The second kappa shape index (κ2) is 4.29. The highest BCUT2D eigenvalue weighted by Gasteiger charge is 2.16. The quantitative estimate of drug-likeness (QED) is 0.632. The lowest BCUT2D eigenvalue weighted by molar-refractivity contribution is -0.117. The van der Waals surface area contributed by atoms with E-state index in [0.717, 1.165) is 25.0 Å². The maximum Gasteiger partial charge on any atom is 0.161 e. The smallest absolute Gasteiger partial charge is 0.161 e. The molecular formula is C10H16O2. The first-order chi connectivity index (χ1) is 5.74. The number of allylic oxidation sites excluding steroid dienone is 2. The lowest BCUT2D eigenvalue weighted by Crippen LogP contribution is -2.05. The Morgan fingerprint density at radius 2 is 2.42 bits per heavy atom. The lowest BCUT2D eigenvalue weighted by atomic mass is 10.0. The normalized spacial score (nSPS) is 24.7. The van der Waals surface area contributed by atoms with Gasteiger partial charge in [-0.2, -0.15) is 0 Å². The molecule has 0 saturated heterocycles. The zero-order valence-corrected chi connectivity index (χ0v) is 7.80. The summed E-state index contributed by atoms with van der Waals surface area (Å²) in [5.41, 5.74) is 0. The summed E-state index contributed by atoms with van der Waals surface area (Å²) in [6, 6.07) is 0. The van der Waals surface area contributed by atoms with E-state index in [2.05, 4.69) is 0 Å². The number of carbonyl (C=O) groups is 1. The Hall–Kier alpha value is -0.790. The van der Waals surface area contributed by atoms with E-state index in [4.69, 9.17) is 4.74 Å². The van der Waals surface area contributed by atoms with Crippen molar-refractivity contribution in [2.24, 2.45) is 5.92 Å². The Labute approximate surface area is 73.6 Å². The predicted octanol–water partition coefficient (Wildman–Crippen LogP) is 2.30. The molecule has 0 spiro atoms. The van der Waals surface area contributed by atoms with Gasteiger partial charge in [-0.15, -0.1) is 0 Å². The van der Waals surface area contributed by atoms with Crippen LogP contribution in [0.3, 0.4) is 0 Å². The monoisotopic (exact) mass is 168 g/mol. The third-order valence-corrected chi connectivity index (χ3v) is 2.18. The fourth-order valence-electron chi connectivity index (χ4n) is 1.40. The molecule has 0 aromatic rings. The van der Waals surface area contributed by atoms with Crippen LogP contribution in [-0.2, 0) is 9.53 Å². The van der Waals surface area contributed by atoms with Crippen LogP contribution < -0.4 is 0 Å². The predicted molar refractivity (Wildman–Crippen MR) is 47.7 cm³/mol. The first kappa shape index (κ1) is 9.30. The second-order valence-electron chi connectivity index (χ2n) is 3.24. The maximum atomic E-state index is 11.3. The molecule has 1 unspecified atom stereocenters. The van der Waals surface area contributed by atoms with Crippen molar-refractivity contribution in [3.05, 3.63) is 11.8 Å². The average molecular weight is 168 g/mol. The van der Waals surface area contributed by atoms with Crippen molar-refractivity contribution in [2.45, 2.75) is 33.1 Å². The molecule has 0 radical (unpaired) electrons. The van der Waals surface area contributed by atoms with E-state index in [1.54, 1.807) is 6.08 Å². The molecule has 2 nitrogen and oxygen atoms in total. The third kappa shape index (κ3) is 2.36. The summed E-state index contributed by atoms with van der Waals surface area (Å²) in [7, 11) is 0. The average Bonchev–Trinajstić information content (AvgIpc) is 2.16. The number of hydrogen-bond acceptors (Lipinski definition) is 2. The molecule has 1 atom stereocenters. The Morgan fingerprint density at radius 1 is 1.67 bits per heavy atom. The van der Waals surface area contributed by atoms with Crippen LogP contribution in [0.4, 0.5) is 0 Å². The minimum absolute atomic E-state index is 0.183. The van der Waals surface area contributed by atoms with Crippen molar-refractivity contribution in [2.75, 3.05) is 6.61 Å². The summed E-state index contributed by atoms with van der Waals surface area (Å²) in [5.74, 6) is 1.27. The fourth-order valence-corrected chi connectivity index (χ4v) is 1.40. The third-order valence-electron chi connectivity index (χ3n) is 2.18. The van der Waals surface area contributed by atoms with Crippen molar-refractivity contribution in [1.82, 2.24) is 0 Å². The standard InChI is InChI=1S/C10H16O2/c1-3-12-9-6-4-5-8(2)10(11)7-9/h7-8H,3-6H2,1-2H3. The van der Waals surface area contributed by atoms with Gasteiger partial charge in [-0.25, -0.2) is 0 Å². The Bertz CT molecular complexity index is 194. The zero-order chi connectivity index (χ0) is 8.97. The number of ketones is 1. The van der Waals surface area contributed by atoms with Crippen LogP contribution in [0.15, 0.2) is 11.8 Å². The highest BCUT2D eigenvalue weighted by molar-refractivity contribution is 5.92. The van der Waals surface area contributed by atoms with Crippen LogP contribution >= 0.6 is 0 Å². The van der Waals surface area contributed by atoms with Crippen molar-refractivity contribution < 1.29 is 9.53 Å². The SMILES string of the molecule is CCOC1=CC(=O)C(C)CCC1. The molecule has 0 heterocycles. The molecule has 1 aliphatic carbocycles. The molecule has 0 aliphatic heterocycles. The molecule has 1 aliphatic rings. The van der Waals surface area contributed by atoms with Crippen molar-refractivity contribution >= 4 is 5.78 Å². The summed E-state index contributed by atoms with van der Waals surface area (Å²) in [5, 5.41) is 0. The summed E-state index contributed by atoms with van der Waals surface area (Å²) < 4.78 is 5.32. The van der Waals surface area contributed by atoms with Crippen molar-refractivity contribution in [3.8, 4) is 0 Å². The minimum atomic E-state index is 0.183. The van der Waals surface area contributed by atoms with Crippen LogP contribution in [0.2, 0.25) is 0 Å². The zero-order valence-electron chi connectivity index (χ0n) is 7.80. The van der Waals surface area contributed by atoms with Gasteiger partial charge in [0.25, 0.3) is 0 Å². The summed E-state index contributed by atoms with van der Waals surface area (Å²) >= 11 is 0. The molecule has 0 N–H and O–H groups in total. The Balaban J connectivity index is 2.61. The van der Waals surface area contributed by atoms with Crippen LogP contribution in [-0.4, -0.2) is 12.4 Å². The first-order valence-electron chi connectivity index (χ1n) is 4.61. The van der Waals surface area contributed by atoms with Gasteiger partial charge in [-0.1, -0.05) is 6.92 Å². The van der Waals surface area contributed by atoms with Gasteiger partial charge in [0.05, 0.1) is 12.4 Å². The van der Waals surface area contributed by atoms with E-state index in [9.17, 15) is 4.79 Å². The largest absolute Gasteiger partial charge is 0.498 e. The van der Waals surface area contributed by atoms with Gasteiger partial charge in [0.15, 0.2) is 5.78 Å². The summed E-state index contributed by atoms with van der Waals surface area (Å²) in [6.45, 7) is 4.58. The van der Waals surface area contributed by atoms with Gasteiger partial charge in [0, 0.05) is 18.4 Å². The molecule has 0 aromatic carbocycles. The molecule has 0 fully saturated rings. The minimum Gasteiger partial charge on any atom is -0.498 e. The highest BCUT2D eigenvalue weighted by Crippen LogP contribution is 2.19. The van der Waals surface area contributed by atoms with Gasteiger partial charge in [-0.05, 0) is 19.8 Å². The molecular weight excluding hydrogens is 152 g/mol. The Morgan fingerprint density at radius 3 is 3.08 bits per heavy atom. The fraction of sp³-hybridized carbons (Fsp3) is 0.700. The van der Waals surface area contributed by atoms with Gasteiger partial charge in [-0.3, -0.25) is 4.79 Å². The van der Waals surface area contributed by atoms with E-state index in [1.165, 1.54) is 0 Å². The highest BCUT2D eigenvalue weighted by atomic mass is 16.5. The molecule has 0 amide bonds. The van der Waals surface area contributed by atoms with E-state index in [-0.39, 0.29) is 11.7 Å². The number of ether oxygens (including phenoxy) is 1. The lowest BCUT2D eigenvalue weighted by Gasteiger charge is -2.04. The van der Waals surface area contributed by atoms with E-state index in [0.29, 0.717) is 6.61 Å². The molecule has 0 aromatic heterocycles. The number of rotatable bonds is 2. The molecule has 2 heteroatoms. The van der Waals surface area contributed by atoms with Crippen LogP contribution in [0.25, 0.3) is 0 Å². The van der Waals surface area contributed by atoms with E-state index < -0.39 is 0 Å². The molecule has 12 heavy (non-hydrogen) atoms. The topological polar surface area (TPSA) is 26.3 Å². The first-order valence-corrected chi connectivity index (χ1v) is 4.61. The number of hydrogen-bond donors (Lipinski definition) is 0. The van der Waals surface area contributed by atoms with Crippen LogP contribution in [0, 0.1) is 5.92 Å². The summed E-state index contributed by atoms with van der Waals surface area (Å²) in [6.07, 6.45) is 4.65. The van der Waals surface area contributed by atoms with Crippen molar-refractivity contribution in [3.63, 3.8) is 0 Å². The maximum absolute atomic E-state index is 11.3. The number of carbonyl (C=O) groups excluding carboxylic acids is 1.